The first-order valence-electron chi connectivity index (χ1n) is 6.63. The van der Waals surface area contributed by atoms with Gasteiger partial charge >= 0.3 is 0 Å². The van der Waals surface area contributed by atoms with Gasteiger partial charge in [0.1, 0.15) is 5.75 Å². The van der Waals surface area contributed by atoms with E-state index in [4.69, 9.17) is 16.3 Å². The molecule has 1 N–H and O–H groups in total. The van der Waals surface area contributed by atoms with Crippen LogP contribution < -0.4 is 10.1 Å². The average molecular weight is 367 g/mol. The van der Waals surface area contributed by atoms with Crippen LogP contribution in [-0.2, 0) is 0 Å². The third kappa shape index (κ3) is 3.06. The quantitative estimate of drug-likeness (QED) is 0.858. The lowest BCUT2D eigenvalue weighted by Gasteiger charge is -2.26. The topological polar surface area (TPSA) is 38.3 Å². The van der Waals surface area contributed by atoms with Crippen molar-refractivity contribution < 1.29 is 9.53 Å². The fraction of sp³-hybridized carbons (Fsp3) is 0.188. The number of amides is 1. The van der Waals surface area contributed by atoms with Gasteiger partial charge in [-0.15, -0.1) is 0 Å². The van der Waals surface area contributed by atoms with Gasteiger partial charge in [0.2, 0.25) is 0 Å². The Morgan fingerprint density at radius 3 is 2.90 bits per heavy atom. The van der Waals surface area contributed by atoms with E-state index in [2.05, 4.69) is 21.2 Å². The van der Waals surface area contributed by atoms with Crippen molar-refractivity contribution in [1.82, 2.24) is 5.32 Å². The molecule has 1 unspecified atom stereocenters. The summed E-state index contributed by atoms with van der Waals surface area (Å²) in [6.45, 7) is 0.603. The molecule has 0 radical (unpaired) electrons. The Kier molecular flexibility index (Phi) is 4.17. The summed E-state index contributed by atoms with van der Waals surface area (Å²) >= 11 is 9.28. The number of para-hydroxylation sites is 1. The van der Waals surface area contributed by atoms with Crippen LogP contribution in [0, 0.1) is 0 Å². The standard InChI is InChI=1S/C16H13BrClNO2/c17-12-9-10(5-6-13(12)18)16(20)19-14-7-8-21-15-4-2-1-3-11(14)15/h1-6,9,14H,7-8H2,(H,19,20). The summed E-state index contributed by atoms with van der Waals surface area (Å²) in [5.41, 5.74) is 1.60. The van der Waals surface area contributed by atoms with Crippen LogP contribution in [0.1, 0.15) is 28.4 Å². The van der Waals surface area contributed by atoms with Gasteiger partial charge in [-0.2, -0.15) is 0 Å². The number of hydrogen-bond acceptors (Lipinski definition) is 2. The van der Waals surface area contributed by atoms with E-state index in [1.165, 1.54) is 0 Å². The van der Waals surface area contributed by atoms with Crippen molar-refractivity contribution in [3.8, 4) is 5.75 Å². The summed E-state index contributed by atoms with van der Waals surface area (Å²) in [6, 6.07) is 12.9. The Bertz CT molecular complexity index is 690. The number of rotatable bonds is 2. The highest BCUT2D eigenvalue weighted by Gasteiger charge is 2.23. The zero-order chi connectivity index (χ0) is 14.8. The summed E-state index contributed by atoms with van der Waals surface area (Å²) in [4.78, 5) is 12.4. The van der Waals surface area contributed by atoms with E-state index in [0.29, 0.717) is 21.7 Å². The van der Waals surface area contributed by atoms with Crippen molar-refractivity contribution in [1.29, 1.82) is 0 Å². The van der Waals surface area contributed by atoms with Crippen LogP contribution in [0.2, 0.25) is 5.02 Å². The predicted molar refractivity (Wildman–Crippen MR) is 85.9 cm³/mol. The van der Waals surface area contributed by atoms with Gasteiger partial charge in [0.25, 0.3) is 5.91 Å². The summed E-state index contributed by atoms with van der Waals surface area (Å²) in [7, 11) is 0. The molecule has 0 saturated carbocycles. The van der Waals surface area contributed by atoms with Crippen molar-refractivity contribution in [2.75, 3.05) is 6.61 Å². The van der Waals surface area contributed by atoms with Gasteiger partial charge in [0.15, 0.2) is 0 Å². The van der Waals surface area contributed by atoms with Crippen LogP contribution in [0.15, 0.2) is 46.9 Å². The number of carbonyl (C=O) groups excluding carboxylic acids is 1. The summed E-state index contributed by atoms with van der Waals surface area (Å²) in [6.07, 6.45) is 0.761. The molecule has 2 aromatic rings. The lowest BCUT2D eigenvalue weighted by molar-refractivity contribution is 0.0924. The average Bonchev–Trinajstić information content (AvgIpc) is 2.50. The van der Waals surface area contributed by atoms with Crippen LogP contribution in [-0.4, -0.2) is 12.5 Å². The second-order valence-corrected chi connectivity index (χ2v) is 6.09. The summed E-state index contributed by atoms with van der Waals surface area (Å²) in [5, 5.41) is 3.64. The highest BCUT2D eigenvalue weighted by molar-refractivity contribution is 9.10. The maximum atomic E-state index is 12.4. The number of carbonyl (C=O) groups is 1. The van der Waals surface area contributed by atoms with E-state index in [1.54, 1.807) is 18.2 Å². The SMILES string of the molecule is O=C(NC1CCOc2ccccc21)c1ccc(Cl)c(Br)c1. The van der Waals surface area contributed by atoms with Gasteiger partial charge in [-0.05, 0) is 40.2 Å². The van der Waals surface area contributed by atoms with E-state index in [1.807, 2.05) is 24.3 Å². The Labute approximate surface area is 136 Å². The van der Waals surface area contributed by atoms with Gasteiger partial charge in [0, 0.05) is 22.0 Å². The molecule has 2 aromatic carbocycles. The highest BCUT2D eigenvalue weighted by Crippen LogP contribution is 2.32. The minimum absolute atomic E-state index is 0.0306. The van der Waals surface area contributed by atoms with Crippen molar-refractivity contribution in [2.24, 2.45) is 0 Å². The van der Waals surface area contributed by atoms with Gasteiger partial charge in [-0.3, -0.25) is 4.79 Å². The smallest absolute Gasteiger partial charge is 0.251 e. The summed E-state index contributed by atoms with van der Waals surface area (Å²) < 4.78 is 6.31. The Morgan fingerprint density at radius 2 is 2.10 bits per heavy atom. The number of fused-ring (bicyclic) bond motifs is 1. The fourth-order valence-corrected chi connectivity index (χ4v) is 2.87. The molecule has 5 heteroatoms. The molecule has 0 spiro atoms. The maximum Gasteiger partial charge on any atom is 0.251 e. The number of halogens is 2. The van der Waals surface area contributed by atoms with Crippen LogP contribution >= 0.6 is 27.5 Å². The number of nitrogens with one attached hydrogen (secondary N) is 1. The lowest BCUT2D eigenvalue weighted by atomic mass is 10.00. The molecule has 0 aromatic heterocycles. The van der Waals surface area contributed by atoms with Gasteiger partial charge in [0.05, 0.1) is 17.7 Å². The van der Waals surface area contributed by atoms with E-state index in [9.17, 15) is 4.79 Å². The molecule has 3 rings (SSSR count). The van der Waals surface area contributed by atoms with Crippen LogP contribution in [0.25, 0.3) is 0 Å². The van der Waals surface area contributed by atoms with Crippen molar-refractivity contribution >= 4 is 33.4 Å². The lowest BCUT2D eigenvalue weighted by Crippen LogP contribution is -2.32. The molecular weight excluding hydrogens is 354 g/mol. The van der Waals surface area contributed by atoms with Crippen molar-refractivity contribution in [3.05, 3.63) is 63.1 Å². The maximum absolute atomic E-state index is 12.4. The first-order chi connectivity index (χ1) is 10.1. The van der Waals surface area contributed by atoms with Gasteiger partial charge < -0.3 is 10.1 Å². The van der Waals surface area contributed by atoms with Crippen LogP contribution in [0.3, 0.4) is 0 Å². The second-order valence-electron chi connectivity index (χ2n) is 4.83. The molecule has 0 bridgehead atoms. The minimum atomic E-state index is -0.117. The molecule has 1 aliphatic rings. The van der Waals surface area contributed by atoms with E-state index in [0.717, 1.165) is 17.7 Å². The first-order valence-corrected chi connectivity index (χ1v) is 7.80. The zero-order valence-corrected chi connectivity index (χ0v) is 13.4. The normalized spacial score (nSPS) is 16.8. The molecular formula is C16H13BrClNO2. The molecule has 0 aliphatic carbocycles. The highest BCUT2D eigenvalue weighted by atomic mass is 79.9. The van der Waals surface area contributed by atoms with Crippen molar-refractivity contribution in [3.63, 3.8) is 0 Å². The molecule has 21 heavy (non-hydrogen) atoms. The Morgan fingerprint density at radius 1 is 1.29 bits per heavy atom. The molecule has 0 saturated heterocycles. The second kappa shape index (κ2) is 6.08. The fourth-order valence-electron chi connectivity index (χ4n) is 2.37. The molecule has 3 nitrogen and oxygen atoms in total. The van der Waals surface area contributed by atoms with Crippen LogP contribution in [0.4, 0.5) is 0 Å². The first kappa shape index (κ1) is 14.4. The third-order valence-corrected chi connectivity index (χ3v) is 4.66. The largest absolute Gasteiger partial charge is 0.493 e. The zero-order valence-electron chi connectivity index (χ0n) is 11.1. The monoisotopic (exact) mass is 365 g/mol. The van der Waals surface area contributed by atoms with Crippen molar-refractivity contribution in [2.45, 2.75) is 12.5 Å². The van der Waals surface area contributed by atoms with E-state index >= 15 is 0 Å². The molecule has 1 atom stereocenters. The number of hydrogen-bond donors (Lipinski definition) is 1. The van der Waals surface area contributed by atoms with E-state index in [-0.39, 0.29) is 11.9 Å². The van der Waals surface area contributed by atoms with Crippen LogP contribution in [0.5, 0.6) is 5.75 Å². The predicted octanol–water partition coefficient (Wildman–Crippen LogP) is 4.36. The minimum Gasteiger partial charge on any atom is -0.493 e. The molecule has 1 aliphatic heterocycles. The number of benzene rings is 2. The molecule has 1 amide bonds. The Hall–Kier alpha value is -1.52. The molecule has 108 valence electrons. The van der Waals surface area contributed by atoms with Gasteiger partial charge in [-0.1, -0.05) is 29.8 Å². The van der Waals surface area contributed by atoms with Gasteiger partial charge in [-0.25, -0.2) is 0 Å². The third-order valence-electron chi connectivity index (χ3n) is 3.45. The van der Waals surface area contributed by atoms with E-state index < -0.39 is 0 Å². The Balaban J connectivity index is 1.81. The molecule has 0 fully saturated rings. The summed E-state index contributed by atoms with van der Waals surface area (Å²) in [5.74, 6) is 0.723. The molecule has 1 heterocycles. The number of ether oxygens (including phenoxy) is 1.